The largest absolute Gasteiger partial charge is 0.412 e. The molecule has 22 heavy (non-hydrogen) atoms. The minimum atomic E-state index is -4.20. The summed E-state index contributed by atoms with van der Waals surface area (Å²) in [7, 11) is 0.958. The summed E-state index contributed by atoms with van der Waals surface area (Å²) in [6.45, 7) is 0. The number of imidazole rings is 1. The van der Waals surface area contributed by atoms with Crippen LogP contribution in [0.4, 0.5) is 13.2 Å². The van der Waals surface area contributed by atoms with Gasteiger partial charge in [-0.25, -0.2) is 17.8 Å². The summed E-state index contributed by atoms with van der Waals surface area (Å²) in [5.41, 5.74) is -0.115. The minimum absolute atomic E-state index is 0.115. The second kappa shape index (κ2) is 4.95. The standard InChI is InChI=1S/C10H4ClF3N4O3S/c11-22(19,20)4-1-5(12)6-2-15-8(18(6)3-4)10-17-16-9(21-10)7(13)14/h1-3,7H. The van der Waals surface area contributed by atoms with Crippen molar-refractivity contribution in [2.24, 2.45) is 0 Å². The van der Waals surface area contributed by atoms with Crippen LogP contribution >= 0.6 is 10.7 Å². The van der Waals surface area contributed by atoms with Crippen LogP contribution in [0.2, 0.25) is 0 Å². The van der Waals surface area contributed by atoms with Crippen LogP contribution in [-0.4, -0.2) is 28.0 Å². The molecule has 0 aliphatic carbocycles. The van der Waals surface area contributed by atoms with Crippen molar-refractivity contribution in [1.82, 2.24) is 19.6 Å². The summed E-state index contributed by atoms with van der Waals surface area (Å²) in [6, 6.07) is 0.710. The van der Waals surface area contributed by atoms with Crippen molar-refractivity contribution in [1.29, 1.82) is 0 Å². The number of hydrogen-bond donors (Lipinski definition) is 0. The highest BCUT2D eigenvalue weighted by molar-refractivity contribution is 8.13. The van der Waals surface area contributed by atoms with Crippen LogP contribution in [0.3, 0.4) is 0 Å². The highest BCUT2D eigenvalue weighted by Gasteiger charge is 2.22. The molecule has 0 aromatic carbocycles. The Bertz CT molecular complexity index is 969. The summed E-state index contributed by atoms with van der Waals surface area (Å²) in [4.78, 5) is 3.23. The van der Waals surface area contributed by atoms with Gasteiger partial charge in [0.25, 0.3) is 20.8 Å². The van der Waals surface area contributed by atoms with E-state index in [0.717, 1.165) is 16.8 Å². The number of hydrogen-bond acceptors (Lipinski definition) is 6. The van der Waals surface area contributed by atoms with Crippen LogP contribution in [0.15, 0.2) is 27.8 Å². The molecule has 3 aromatic rings. The lowest BCUT2D eigenvalue weighted by molar-refractivity contribution is 0.116. The van der Waals surface area contributed by atoms with Crippen molar-refractivity contribution in [3.63, 3.8) is 0 Å². The van der Waals surface area contributed by atoms with E-state index in [2.05, 4.69) is 15.2 Å². The fraction of sp³-hybridized carbons (Fsp3) is 0.100. The van der Waals surface area contributed by atoms with Gasteiger partial charge in [0.15, 0.2) is 0 Å². The molecule has 116 valence electrons. The maximum atomic E-state index is 13.9. The Morgan fingerprint density at radius 2 is 2.05 bits per heavy atom. The average Bonchev–Trinajstić information content (AvgIpc) is 3.03. The van der Waals surface area contributed by atoms with Crippen LogP contribution in [0.5, 0.6) is 0 Å². The lowest BCUT2D eigenvalue weighted by Gasteiger charge is -2.02. The van der Waals surface area contributed by atoms with Gasteiger partial charge in [0.05, 0.1) is 6.20 Å². The van der Waals surface area contributed by atoms with E-state index in [0.29, 0.717) is 6.07 Å². The van der Waals surface area contributed by atoms with Gasteiger partial charge in [0.1, 0.15) is 16.2 Å². The summed E-state index contributed by atoms with van der Waals surface area (Å²) < 4.78 is 67.0. The molecule has 12 heteroatoms. The van der Waals surface area contributed by atoms with Gasteiger partial charge in [-0.1, -0.05) is 0 Å². The van der Waals surface area contributed by atoms with E-state index in [1.54, 1.807) is 0 Å². The molecule has 0 radical (unpaired) electrons. The first kappa shape index (κ1) is 14.8. The van der Waals surface area contributed by atoms with E-state index in [4.69, 9.17) is 15.1 Å². The molecule has 0 spiro atoms. The Kier molecular flexibility index (Phi) is 3.33. The van der Waals surface area contributed by atoms with Crippen molar-refractivity contribution in [2.75, 3.05) is 0 Å². The van der Waals surface area contributed by atoms with Crippen LogP contribution in [-0.2, 0) is 9.05 Å². The number of rotatable bonds is 3. The highest BCUT2D eigenvalue weighted by atomic mass is 35.7. The van der Waals surface area contributed by atoms with Crippen molar-refractivity contribution in [2.45, 2.75) is 11.3 Å². The summed E-state index contributed by atoms with van der Waals surface area (Å²) in [6.07, 6.45) is -0.959. The van der Waals surface area contributed by atoms with E-state index in [9.17, 15) is 21.6 Å². The van der Waals surface area contributed by atoms with E-state index < -0.39 is 38.0 Å². The first-order valence-corrected chi connectivity index (χ1v) is 7.81. The number of pyridine rings is 1. The summed E-state index contributed by atoms with van der Waals surface area (Å²) in [5, 5.41) is 6.48. The van der Waals surface area contributed by atoms with Gasteiger partial charge in [-0.3, -0.25) is 4.40 Å². The molecule has 3 aromatic heterocycles. The fourth-order valence-electron chi connectivity index (χ4n) is 1.74. The second-order valence-corrected chi connectivity index (χ2v) is 6.61. The van der Waals surface area contributed by atoms with Crippen molar-refractivity contribution < 1.29 is 26.0 Å². The van der Waals surface area contributed by atoms with Crippen molar-refractivity contribution in [3.05, 3.63) is 30.2 Å². The SMILES string of the molecule is O=S(=O)(Cl)c1cc(F)c2cnc(-c3nnc(C(F)F)o3)n2c1. The molecule has 0 saturated carbocycles. The minimum Gasteiger partial charge on any atom is -0.412 e. The Balaban J connectivity index is 2.24. The smallest absolute Gasteiger partial charge is 0.314 e. The number of halogens is 4. The third-order valence-corrected chi connectivity index (χ3v) is 3.99. The molecular weight excluding hydrogens is 349 g/mol. The Labute approximate surface area is 124 Å². The van der Waals surface area contributed by atoms with Gasteiger partial charge in [0, 0.05) is 16.9 Å². The molecule has 0 bridgehead atoms. The van der Waals surface area contributed by atoms with Crippen LogP contribution in [0, 0.1) is 5.82 Å². The van der Waals surface area contributed by atoms with Gasteiger partial charge >= 0.3 is 6.43 Å². The van der Waals surface area contributed by atoms with E-state index in [1.165, 1.54) is 0 Å². The second-order valence-electron chi connectivity index (χ2n) is 4.04. The quantitative estimate of drug-likeness (QED) is 0.672. The van der Waals surface area contributed by atoms with Gasteiger partial charge < -0.3 is 4.42 Å². The Hall–Kier alpha value is -2.14. The molecule has 0 unspecified atom stereocenters. The maximum Gasteiger partial charge on any atom is 0.314 e. The lowest BCUT2D eigenvalue weighted by atomic mass is 10.4. The molecule has 0 aliphatic rings. The van der Waals surface area contributed by atoms with Gasteiger partial charge in [-0.15, -0.1) is 10.2 Å². The molecule has 0 aliphatic heterocycles. The maximum absolute atomic E-state index is 13.9. The van der Waals surface area contributed by atoms with E-state index in [-0.39, 0.29) is 11.3 Å². The third kappa shape index (κ3) is 2.41. The van der Waals surface area contributed by atoms with E-state index in [1.807, 2.05) is 0 Å². The van der Waals surface area contributed by atoms with Gasteiger partial charge in [-0.05, 0) is 6.07 Å². The predicted molar refractivity (Wildman–Crippen MR) is 66.4 cm³/mol. The summed E-state index contributed by atoms with van der Waals surface area (Å²) >= 11 is 0. The zero-order chi connectivity index (χ0) is 16.1. The number of fused-ring (bicyclic) bond motifs is 1. The molecule has 0 N–H and O–H groups in total. The Morgan fingerprint density at radius 3 is 2.64 bits per heavy atom. The number of aromatic nitrogens is 4. The zero-order valence-corrected chi connectivity index (χ0v) is 11.8. The number of alkyl halides is 2. The molecule has 0 amide bonds. The molecule has 3 rings (SSSR count). The molecule has 0 saturated heterocycles. The summed E-state index contributed by atoms with van der Waals surface area (Å²) in [5.74, 6) is -2.48. The van der Waals surface area contributed by atoms with Crippen molar-refractivity contribution in [3.8, 4) is 11.7 Å². The third-order valence-electron chi connectivity index (χ3n) is 2.67. The number of nitrogens with zero attached hydrogens (tertiary/aromatic N) is 4. The molecular formula is C10H4ClF3N4O3S. The zero-order valence-electron chi connectivity index (χ0n) is 10.2. The van der Waals surface area contributed by atoms with E-state index >= 15 is 0 Å². The topological polar surface area (TPSA) is 90.4 Å². The highest BCUT2D eigenvalue weighted by Crippen LogP contribution is 2.26. The van der Waals surface area contributed by atoms with Crippen LogP contribution in [0.1, 0.15) is 12.3 Å². The van der Waals surface area contributed by atoms with Crippen LogP contribution in [0.25, 0.3) is 17.2 Å². The van der Waals surface area contributed by atoms with Crippen LogP contribution < -0.4 is 0 Å². The normalized spacial score (nSPS) is 12.4. The lowest BCUT2D eigenvalue weighted by Crippen LogP contribution is -1.98. The first-order chi connectivity index (χ1) is 10.3. The average molecular weight is 353 g/mol. The molecule has 0 atom stereocenters. The fourth-order valence-corrected chi connectivity index (χ4v) is 2.46. The monoisotopic (exact) mass is 352 g/mol. The Morgan fingerprint density at radius 1 is 1.32 bits per heavy atom. The first-order valence-electron chi connectivity index (χ1n) is 5.50. The predicted octanol–water partition coefficient (Wildman–Crippen LogP) is 2.39. The molecule has 0 fully saturated rings. The molecule has 7 nitrogen and oxygen atoms in total. The van der Waals surface area contributed by atoms with Gasteiger partial charge in [-0.2, -0.15) is 8.78 Å². The van der Waals surface area contributed by atoms with Gasteiger partial charge in [0.2, 0.25) is 5.82 Å². The van der Waals surface area contributed by atoms with Crippen molar-refractivity contribution >= 4 is 25.2 Å². The molecule has 3 heterocycles.